The minimum Gasteiger partial charge on any atom is -0.493 e. The lowest BCUT2D eigenvalue weighted by molar-refractivity contribution is -0.131. The molecule has 1 saturated heterocycles. The van der Waals surface area contributed by atoms with Crippen molar-refractivity contribution in [2.45, 2.75) is 31.8 Å². The van der Waals surface area contributed by atoms with Crippen molar-refractivity contribution in [3.05, 3.63) is 53.1 Å². The van der Waals surface area contributed by atoms with Crippen molar-refractivity contribution in [1.82, 2.24) is 9.80 Å². The standard InChI is InChI=1S/C24H28N2O5/c1-29-20-12-17(13-21(30-2)23(20)31-3)19(14-22(27)25-10-6-7-11-25)26-15-16-8-4-5-9-18(16)24(26)28/h4-5,8-9,12-13,19H,6-7,10-11,14-15H2,1-3H3/t19-/m0/s1. The number of hydrogen-bond donors (Lipinski definition) is 0. The normalized spacial score (nSPS) is 16.3. The number of hydrogen-bond acceptors (Lipinski definition) is 5. The molecule has 2 aliphatic rings. The van der Waals surface area contributed by atoms with E-state index in [0.29, 0.717) is 29.4 Å². The molecule has 2 aromatic carbocycles. The van der Waals surface area contributed by atoms with E-state index in [4.69, 9.17) is 14.2 Å². The molecule has 0 N–H and O–H groups in total. The molecule has 0 radical (unpaired) electrons. The summed E-state index contributed by atoms with van der Waals surface area (Å²) in [6, 6.07) is 10.8. The SMILES string of the molecule is COc1cc([C@H](CC(=O)N2CCCC2)N2Cc3ccccc3C2=O)cc(OC)c1OC. The van der Waals surface area contributed by atoms with Crippen LogP contribution in [0.1, 0.15) is 46.8 Å². The van der Waals surface area contributed by atoms with Gasteiger partial charge in [-0.05, 0) is 42.2 Å². The van der Waals surface area contributed by atoms with Crippen molar-refractivity contribution in [2.24, 2.45) is 0 Å². The molecular weight excluding hydrogens is 396 g/mol. The maximum Gasteiger partial charge on any atom is 0.255 e. The number of methoxy groups -OCH3 is 3. The number of amides is 2. The van der Waals surface area contributed by atoms with Crippen molar-refractivity contribution in [3.63, 3.8) is 0 Å². The van der Waals surface area contributed by atoms with Gasteiger partial charge in [-0.2, -0.15) is 0 Å². The first-order chi connectivity index (χ1) is 15.1. The summed E-state index contributed by atoms with van der Waals surface area (Å²) in [6.07, 6.45) is 2.25. The van der Waals surface area contributed by atoms with E-state index in [0.717, 1.165) is 37.1 Å². The molecule has 0 bridgehead atoms. The van der Waals surface area contributed by atoms with Gasteiger partial charge in [0.2, 0.25) is 11.7 Å². The Balaban J connectivity index is 1.74. The minimum absolute atomic E-state index is 0.0556. The minimum atomic E-state index is -0.443. The fourth-order valence-corrected chi connectivity index (χ4v) is 4.49. The fourth-order valence-electron chi connectivity index (χ4n) is 4.49. The van der Waals surface area contributed by atoms with Crippen LogP contribution in [0.4, 0.5) is 0 Å². The van der Waals surface area contributed by atoms with Crippen LogP contribution in [-0.4, -0.2) is 56.0 Å². The van der Waals surface area contributed by atoms with Crippen LogP contribution in [0.5, 0.6) is 17.2 Å². The third-order valence-electron chi connectivity index (χ3n) is 6.12. The van der Waals surface area contributed by atoms with Gasteiger partial charge < -0.3 is 24.0 Å². The zero-order valence-corrected chi connectivity index (χ0v) is 18.2. The van der Waals surface area contributed by atoms with E-state index in [2.05, 4.69) is 0 Å². The highest BCUT2D eigenvalue weighted by molar-refractivity contribution is 5.99. The molecule has 1 atom stereocenters. The molecule has 0 aliphatic carbocycles. The second kappa shape index (κ2) is 8.88. The number of rotatable bonds is 7. The van der Waals surface area contributed by atoms with Crippen LogP contribution >= 0.6 is 0 Å². The first kappa shape index (κ1) is 21.0. The van der Waals surface area contributed by atoms with Crippen molar-refractivity contribution in [3.8, 4) is 17.2 Å². The van der Waals surface area contributed by atoms with Crippen LogP contribution in [0.2, 0.25) is 0 Å². The largest absolute Gasteiger partial charge is 0.493 e. The van der Waals surface area contributed by atoms with Crippen LogP contribution in [0.15, 0.2) is 36.4 Å². The molecule has 0 saturated carbocycles. The lowest BCUT2D eigenvalue weighted by Crippen LogP contribution is -2.35. The van der Waals surface area contributed by atoms with E-state index in [9.17, 15) is 9.59 Å². The third-order valence-corrected chi connectivity index (χ3v) is 6.12. The topological polar surface area (TPSA) is 68.3 Å². The Kier molecular flexibility index (Phi) is 6.02. The number of fused-ring (bicyclic) bond motifs is 1. The van der Waals surface area contributed by atoms with Crippen LogP contribution < -0.4 is 14.2 Å². The van der Waals surface area contributed by atoms with Crippen LogP contribution in [0, 0.1) is 0 Å². The predicted octanol–water partition coefficient (Wildman–Crippen LogP) is 3.42. The summed E-state index contributed by atoms with van der Waals surface area (Å²) in [6.45, 7) is 2.01. The van der Waals surface area contributed by atoms with Crippen molar-refractivity contribution in [1.29, 1.82) is 0 Å². The van der Waals surface area contributed by atoms with E-state index < -0.39 is 6.04 Å². The molecule has 164 valence electrons. The molecule has 1 fully saturated rings. The maximum atomic E-state index is 13.3. The molecule has 4 rings (SSSR count). The zero-order chi connectivity index (χ0) is 22.0. The number of benzene rings is 2. The van der Waals surface area contributed by atoms with Gasteiger partial charge in [-0.1, -0.05) is 18.2 Å². The first-order valence-electron chi connectivity index (χ1n) is 10.5. The molecule has 2 amide bonds. The van der Waals surface area contributed by atoms with Gasteiger partial charge in [0.15, 0.2) is 11.5 Å². The van der Waals surface area contributed by atoms with Gasteiger partial charge in [0.25, 0.3) is 5.91 Å². The Labute approximate surface area is 182 Å². The van der Waals surface area contributed by atoms with Crippen LogP contribution in [-0.2, 0) is 11.3 Å². The Hall–Kier alpha value is -3.22. The van der Waals surface area contributed by atoms with Crippen LogP contribution in [0.3, 0.4) is 0 Å². The van der Waals surface area contributed by atoms with Gasteiger partial charge in [-0.15, -0.1) is 0 Å². The van der Waals surface area contributed by atoms with Crippen molar-refractivity contribution in [2.75, 3.05) is 34.4 Å². The van der Waals surface area contributed by atoms with Crippen LogP contribution in [0.25, 0.3) is 0 Å². The summed E-state index contributed by atoms with van der Waals surface area (Å²) < 4.78 is 16.5. The maximum absolute atomic E-state index is 13.3. The Morgan fingerprint density at radius 2 is 1.65 bits per heavy atom. The summed E-state index contributed by atoms with van der Waals surface area (Å²) in [5.74, 6) is 1.47. The number of carbonyl (C=O) groups is 2. The summed E-state index contributed by atoms with van der Waals surface area (Å²) in [5.41, 5.74) is 2.44. The van der Waals surface area contributed by atoms with E-state index in [1.807, 2.05) is 41.3 Å². The summed E-state index contributed by atoms with van der Waals surface area (Å²) in [7, 11) is 4.67. The van der Waals surface area contributed by atoms with Crippen molar-refractivity contribution < 1.29 is 23.8 Å². The van der Waals surface area contributed by atoms with E-state index >= 15 is 0 Å². The highest BCUT2D eigenvalue weighted by Gasteiger charge is 2.36. The summed E-state index contributed by atoms with van der Waals surface area (Å²) >= 11 is 0. The Morgan fingerprint density at radius 1 is 1.00 bits per heavy atom. The average Bonchev–Trinajstić information content (AvgIpc) is 3.45. The molecule has 7 nitrogen and oxygen atoms in total. The molecule has 0 spiro atoms. The highest BCUT2D eigenvalue weighted by atomic mass is 16.5. The molecule has 31 heavy (non-hydrogen) atoms. The third kappa shape index (κ3) is 3.92. The summed E-state index contributed by atoms with van der Waals surface area (Å²) in [5, 5.41) is 0. The second-order valence-electron chi connectivity index (χ2n) is 7.86. The second-order valence-corrected chi connectivity index (χ2v) is 7.86. The fraction of sp³-hybridized carbons (Fsp3) is 0.417. The molecule has 0 unspecified atom stereocenters. The summed E-state index contributed by atoms with van der Waals surface area (Å²) in [4.78, 5) is 30.0. The van der Waals surface area contributed by atoms with Gasteiger partial charge in [-0.25, -0.2) is 0 Å². The molecule has 2 heterocycles. The first-order valence-corrected chi connectivity index (χ1v) is 10.5. The van der Waals surface area contributed by atoms with Crippen molar-refractivity contribution >= 4 is 11.8 Å². The number of ether oxygens (including phenoxy) is 3. The number of likely N-dealkylation sites (tertiary alicyclic amines) is 1. The number of carbonyl (C=O) groups excluding carboxylic acids is 2. The number of nitrogens with zero attached hydrogens (tertiary/aromatic N) is 2. The Bertz CT molecular complexity index is 959. The van der Waals surface area contributed by atoms with Gasteiger partial charge in [0, 0.05) is 25.2 Å². The lowest BCUT2D eigenvalue weighted by atomic mass is 10.00. The Morgan fingerprint density at radius 3 is 2.23 bits per heavy atom. The highest BCUT2D eigenvalue weighted by Crippen LogP contribution is 2.43. The zero-order valence-electron chi connectivity index (χ0n) is 18.2. The molecule has 7 heteroatoms. The monoisotopic (exact) mass is 424 g/mol. The predicted molar refractivity (Wildman–Crippen MR) is 116 cm³/mol. The molecule has 0 aromatic heterocycles. The van der Waals surface area contributed by atoms with Gasteiger partial charge in [0.1, 0.15) is 0 Å². The average molecular weight is 424 g/mol. The molecule has 2 aliphatic heterocycles. The van der Waals surface area contributed by atoms with E-state index in [1.54, 1.807) is 26.2 Å². The van der Waals surface area contributed by atoms with Gasteiger partial charge >= 0.3 is 0 Å². The van der Waals surface area contributed by atoms with E-state index in [-0.39, 0.29) is 18.2 Å². The quantitative estimate of drug-likeness (QED) is 0.681. The lowest BCUT2D eigenvalue weighted by Gasteiger charge is -2.30. The smallest absolute Gasteiger partial charge is 0.255 e. The van der Waals surface area contributed by atoms with E-state index in [1.165, 1.54) is 0 Å². The molecular formula is C24H28N2O5. The molecule has 2 aromatic rings. The van der Waals surface area contributed by atoms with Gasteiger partial charge in [-0.3, -0.25) is 9.59 Å². The van der Waals surface area contributed by atoms with Gasteiger partial charge in [0.05, 0.1) is 33.8 Å².